The maximum atomic E-state index is 13.6. The molecule has 2 N–H and O–H groups in total. The van der Waals surface area contributed by atoms with E-state index in [1.165, 1.54) is 72.1 Å². The maximum absolute atomic E-state index is 13.6. The fourth-order valence-corrected chi connectivity index (χ4v) is 8.38. The van der Waals surface area contributed by atoms with Crippen molar-refractivity contribution in [2.75, 3.05) is 6.54 Å². The van der Waals surface area contributed by atoms with Crippen LogP contribution in [0.1, 0.15) is 37.8 Å². The molecule has 0 aliphatic carbocycles. The summed E-state index contributed by atoms with van der Waals surface area (Å²) in [4.78, 5) is 76.4. The molecule has 49 heavy (non-hydrogen) atoms. The zero-order valence-corrected chi connectivity index (χ0v) is 27.2. The van der Waals surface area contributed by atoms with Gasteiger partial charge in [0.2, 0.25) is 11.8 Å². The number of nitro benzene ring substituents is 2. The Hall–Kier alpha value is -5.03. The molecule has 0 radical (unpaired) electrons. The Balaban J connectivity index is 1.20. The summed E-state index contributed by atoms with van der Waals surface area (Å²) < 4.78 is 11.2. The Morgan fingerprint density at radius 3 is 2.06 bits per heavy atom. The number of carbonyl (C=O) groups is 4. The fraction of sp³-hybridized carbons (Fsp3) is 0.438. The number of nitrogens with zero attached hydrogens (tertiary/aromatic N) is 4. The molecular weight excluding hydrogens is 662 g/mol. The number of nitro groups is 2. The molecule has 2 aromatic carbocycles. The molecular formula is C32H33N5O11S. The average molecular weight is 696 g/mol. The maximum Gasteiger partial charge on any atom is 0.410 e. The molecule has 4 aliphatic rings. The molecule has 0 saturated carbocycles. The number of hydrogen-bond acceptors (Lipinski definition) is 12. The van der Waals surface area contributed by atoms with Crippen molar-refractivity contribution in [3.63, 3.8) is 0 Å². The van der Waals surface area contributed by atoms with Gasteiger partial charge in [-0.1, -0.05) is 6.92 Å². The second-order valence-corrected chi connectivity index (χ2v) is 13.9. The third-order valence-corrected chi connectivity index (χ3v) is 10.9. The summed E-state index contributed by atoms with van der Waals surface area (Å²) in [5.74, 6) is -2.35. The zero-order chi connectivity index (χ0) is 35.1. The Kier molecular flexibility index (Phi) is 9.30. The lowest BCUT2D eigenvalue weighted by molar-refractivity contribution is -0.385. The van der Waals surface area contributed by atoms with E-state index in [2.05, 4.69) is 5.32 Å². The molecule has 4 aliphatic heterocycles. The van der Waals surface area contributed by atoms with Crippen molar-refractivity contribution in [1.29, 1.82) is 0 Å². The number of benzene rings is 2. The highest BCUT2D eigenvalue weighted by Gasteiger charge is 2.60. The third-order valence-electron chi connectivity index (χ3n) is 9.38. The number of ether oxygens (including phenoxy) is 2. The SMILES string of the molecule is C[C@@H](O)[C@H]1C(=O)N2C(C(=O)OCc3ccc([N+](=O)[O-])cc3)=C(S[C@H]3C[C@@H]([C@H]4CC(=O)N4)N(C(=O)OCc4ccc([N+](=O)[O-])cc4)C3)[C@H](C)[C@H]12. The molecule has 7 atom stereocenters. The van der Waals surface area contributed by atoms with E-state index < -0.39 is 51.9 Å². The van der Waals surface area contributed by atoms with Crippen LogP contribution >= 0.6 is 11.8 Å². The van der Waals surface area contributed by atoms with E-state index in [-0.39, 0.29) is 66.4 Å². The van der Waals surface area contributed by atoms with E-state index in [1.54, 1.807) is 4.90 Å². The minimum absolute atomic E-state index is 0.0685. The Morgan fingerprint density at radius 1 is 1.00 bits per heavy atom. The van der Waals surface area contributed by atoms with Crippen molar-refractivity contribution in [3.8, 4) is 0 Å². The number of aliphatic hydroxyl groups is 1. The number of aliphatic hydroxyl groups excluding tert-OH is 1. The van der Waals surface area contributed by atoms with Crippen LogP contribution in [0, 0.1) is 32.1 Å². The molecule has 17 heteroatoms. The van der Waals surface area contributed by atoms with Gasteiger partial charge in [-0.2, -0.15) is 0 Å². The summed E-state index contributed by atoms with van der Waals surface area (Å²) in [7, 11) is 0. The van der Waals surface area contributed by atoms with Gasteiger partial charge in [0.25, 0.3) is 11.4 Å². The van der Waals surface area contributed by atoms with Crippen LogP contribution in [-0.2, 0) is 37.1 Å². The third kappa shape index (κ3) is 6.55. The summed E-state index contributed by atoms with van der Waals surface area (Å²) in [5, 5.41) is 34.9. The zero-order valence-electron chi connectivity index (χ0n) is 26.4. The molecule has 6 rings (SSSR count). The van der Waals surface area contributed by atoms with E-state index in [0.29, 0.717) is 22.5 Å². The van der Waals surface area contributed by atoms with Crippen LogP contribution in [0.25, 0.3) is 0 Å². The molecule has 16 nitrogen and oxygen atoms in total. The van der Waals surface area contributed by atoms with Crippen LogP contribution in [-0.4, -0.2) is 84.7 Å². The number of nitrogens with one attached hydrogen (secondary N) is 1. The molecule has 4 heterocycles. The van der Waals surface area contributed by atoms with Crippen LogP contribution in [0.2, 0.25) is 0 Å². The lowest BCUT2D eigenvalue weighted by Gasteiger charge is -2.46. The molecule has 0 unspecified atom stereocenters. The van der Waals surface area contributed by atoms with Gasteiger partial charge >= 0.3 is 12.1 Å². The molecule has 0 bridgehead atoms. The first-order valence-corrected chi connectivity index (χ1v) is 16.5. The van der Waals surface area contributed by atoms with Gasteiger partial charge in [-0.25, -0.2) is 9.59 Å². The summed E-state index contributed by atoms with van der Waals surface area (Å²) >= 11 is 1.35. The first-order chi connectivity index (χ1) is 23.3. The van der Waals surface area contributed by atoms with Crippen LogP contribution in [0.4, 0.5) is 16.2 Å². The van der Waals surface area contributed by atoms with Gasteiger partial charge in [0.1, 0.15) is 18.9 Å². The van der Waals surface area contributed by atoms with Crippen LogP contribution in [0.3, 0.4) is 0 Å². The molecule has 3 fully saturated rings. The standard InChI is InChI=1S/C32H33N5O11S/c1-16-27-26(17(2)38)30(40)35(27)28(31(41)47-14-18-3-7-20(8-4-18)36(43)44)29(16)49-22-11-24(23-12-25(39)33-23)34(13-22)32(42)48-15-19-5-9-21(10-6-19)37(45)46/h3-10,16-17,22-24,26-27,38H,11-15H2,1-2H3,(H,33,39)/t16-,17-,22+,23-,24+,26-,27-/m1/s1. The second kappa shape index (κ2) is 13.5. The number of rotatable bonds is 11. The monoisotopic (exact) mass is 695 g/mol. The molecule has 0 aromatic heterocycles. The smallest absolute Gasteiger partial charge is 0.410 e. The summed E-state index contributed by atoms with van der Waals surface area (Å²) in [5.41, 5.74) is 0.934. The van der Waals surface area contributed by atoms with Crippen molar-refractivity contribution < 1.29 is 43.6 Å². The Labute approximate surface area is 283 Å². The number of carbonyl (C=O) groups excluding carboxylic acids is 4. The number of non-ortho nitro benzene ring substituents is 2. The number of β-lactam (4-membered cyclic amide) rings is 2. The molecule has 0 spiro atoms. The van der Waals surface area contributed by atoms with E-state index in [1.807, 2.05) is 6.92 Å². The number of fused-ring (bicyclic) bond motifs is 1. The van der Waals surface area contributed by atoms with Gasteiger partial charge in [-0.15, -0.1) is 11.8 Å². The van der Waals surface area contributed by atoms with Crippen molar-refractivity contribution in [1.82, 2.24) is 15.1 Å². The number of likely N-dealkylation sites (tertiary alicyclic amines) is 1. The number of thioether (sulfide) groups is 1. The Morgan fingerprint density at radius 2 is 1.55 bits per heavy atom. The van der Waals surface area contributed by atoms with Crippen molar-refractivity contribution in [3.05, 3.63) is 90.5 Å². The minimum atomic E-state index is -0.947. The predicted molar refractivity (Wildman–Crippen MR) is 171 cm³/mol. The van der Waals surface area contributed by atoms with Gasteiger partial charge in [-0.3, -0.25) is 29.8 Å². The number of hydrogen-bond donors (Lipinski definition) is 2. The molecule has 258 valence electrons. The summed E-state index contributed by atoms with van der Waals surface area (Å²) in [6.45, 7) is 3.29. The predicted octanol–water partition coefficient (Wildman–Crippen LogP) is 3.02. The highest BCUT2D eigenvalue weighted by molar-refractivity contribution is 8.03. The highest BCUT2D eigenvalue weighted by atomic mass is 32.2. The Bertz CT molecular complexity index is 1720. The highest BCUT2D eigenvalue weighted by Crippen LogP contribution is 2.52. The number of amides is 3. The van der Waals surface area contributed by atoms with E-state index in [9.17, 15) is 44.5 Å². The molecule has 3 amide bonds. The van der Waals surface area contributed by atoms with Crippen molar-refractivity contribution in [2.24, 2.45) is 11.8 Å². The van der Waals surface area contributed by atoms with E-state index >= 15 is 0 Å². The lowest BCUT2D eigenvalue weighted by atomic mass is 9.79. The molecule has 2 aromatic rings. The van der Waals surface area contributed by atoms with Crippen LogP contribution in [0.5, 0.6) is 0 Å². The molecule has 3 saturated heterocycles. The van der Waals surface area contributed by atoms with Gasteiger partial charge < -0.3 is 29.7 Å². The summed E-state index contributed by atoms with van der Waals surface area (Å²) in [6.07, 6.45) is -0.898. The fourth-order valence-electron chi connectivity index (χ4n) is 6.84. The van der Waals surface area contributed by atoms with E-state index in [0.717, 1.165) is 0 Å². The normalized spacial score (nSPS) is 26.3. The first-order valence-electron chi connectivity index (χ1n) is 15.6. The topological polar surface area (TPSA) is 212 Å². The summed E-state index contributed by atoms with van der Waals surface area (Å²) in [6, 6.07) is 10.0. The van der Waals surface area contributed by atoms with Gasteiger partial charge in [-0.05, 0) is 48.7 Å². The van der Waals surface area contributed by atoms with Gasteiger partial charge in [0.05, 0.1) is 40.0 Å². The number of esters is 1. The second-order valence-electron chi connectivity index (χ2n) is 12.5. The van der Waals surface area contributed by atoms with Crippen molar-refractivity contribution in [2.45, 2.75) is 69.4 Å². The largest absolute Gasteiger partial charge is 0.456 e. The van der Waals surface area contributed by atoms with Crippen LogP contribution in [0.15, 0.2) is 59.1 Å². The lowest BCUT2D eigenvalue weighted by Crippen LogP contribution is -2.63. The first kappa shape index (κ1) is 33.9. The van der Waals surface area contributed by atoms with Crippen LogP contribution < -0.4 is 5.32 Å². The van der Waals surface area contributed by atoms with Crippen molar-refractivity contribution >= 4 is 47.0 Å². The van der Waals surface area contributed by atoms with Gasteiger partial charge in [0.15, 0.2) is 0 Å². The quantitative estimate of drug-likeness (QED) is 0.150. The minimum Gasteiger partial charge on any atom is -0.456 e. The van der Waals surface area contributed by atoms with Gasteiger partial charge in [0, 0.05) is 53.3 Å². The average Bonchev–Trinajstić information content (AvgIpc) is 3.57. The van der Waals surface area contributed by atoms with E-state index in [4.69, 9.17) is 9.47 Å².